The molecule has 0 heterocycles. The Morgan fingerprint density at radius 1 is 1.21 bits per heavy atom. The van der Waals surface area contributed by atoms with Gasteiger partial charge in [-0.1, -0.05) is 12.1 Å². The third kappa shape index (κ3) is 2.74. The zero-order chi connectivity index (χ0) is 10.7. The standard InChI is InChI=1S/C12H18O2/c1-8-5-6-9(2)12(7-8)14-11(4)10(3)13/h5-7,10-11,13H,1-4H3/t10-,11?/m1/s1. The molecule has 0 aliphatic carbocycles. The number of hydrogen-bond acceptors (Lipinski definition) is 2. The summed E-state index contributed by atoms with van der Waals surface area (Å²) in [6, 6.07) is 6.07. The lowest BCUT2D eigenvalue weighted by Gasteiger charge is -2.18. The predicted octanol–water partition coefficient (Wildman–Crippen LogP) is 2.45. The van der Waals surface area contributed by atoms with Crippen molar-refractivity contribution in [3.63, 3.8) is 0 Å². The van der Waals surface area contributed by atoms with E-state index in [0.29, 0.717) is 0 Å². The van der Waals surface area contributed by atoms with Crippen molar-refractivity contribution >= 4 is 0 Å². The highest BCUT2D eigenvalue weighted by Crippen LogP contribution is 2.20. The van der Waals surface area contributed by atoms with Crippen molar-refractivity contribution in [1.82, 2.24) is 0 Å². The zero-order valence-corrected chi connectivity index (χ0v) is 9.24. The largest absolute Gasteiger partial charge is 0.488 e. The maximum absolute atomic E-state index is 9.32. The quantitative estimate of drug-likeness (QED) is 0.801. The molecular formula is C12H18O2. The molecule has 1 rings (SSSR count). The Bertz CT molecular complexity index is 305. The van der Waals surface area contributed by atoms with Crippen molar-refractivity contribution < 1.29 is 9.84 Å². The molecule has 14 heavy (non-hydrogen) atoms. The van der Waals surface area contributed by atoms with Crippen LogP contribution >= 0.6 is 0 Å². The lowest BCUT2D eigenvalue weighted by Crippen LogP contribution is -2.25. The van der Waals surface area contributed by atoms with Gasteiger partial charge in [-0.25, -0.2) is 0 Å². The van der Waals surface area contributed by atoms with Gasteiger partial charge in [0.1, 0.15) is 11.9 Å². The molecule has 0 amide bonds. The van der Waals surface area contributed by atoms with Crippen LogP contribution in [0.1, 0.15) is 25.0 Å². The van der Waals surface area contributed by atoms with Crippen LogP contribution in [-0.4, -0.2) is 17.3 Å². The summed E-state index contributed by atoms with van der Waals surface area (Å²) in [5, 5.41) is 9.32. The van der Waals surface area contributed by atoms with E-state index in [9.17, 15) is 5.11 Å². The number of aliphatic hydroxyl groups is 1. The molecule has 1 aromatic carbocycles. The number of benzene rings is 1. The van der Waals surface area contributed by atoms with Crippen molar-refractivity contribution in [3.8, 4) is 5.75 Å². The molecule has 1 N–H and O–H groups in total. The summed E-state index contributed by atoms with van der Waals surface area (Å²) in [6.07, 6.45) is -0.620. The Morgan fingerprint density at radius 2 is 1.86 bits per heavy atom. The molecule has 0 bridgehead atoms. The van der Waals surface area contributed by atoms with Crippen LogP contribution in [-0.2, 0) is 0 Å². The maximum Gasteiger partial charge on any atom is 0.123 e. The minimum Gasteiger partial charge on any atom is -0.488 e. The van der Waals surface area contributed by atoms with Crippen LogP contribution in [0.4, 0.5) is 0 Å². The SMILES string of the molecule is Cc1ccc(C)c(OC(C)[C@@H](C)O)c1. The number of aliphatic hydroxyl groups excluding tert-OH is 1. The number of ether oxygens (including phenoxy) is 1. The maximum atomic E-state index is 9.32. The first-order chi connectivity index (χ1) is 6.50. The van der Waals surface area contributed by atoms with E-state index in [-0.39, 0.29) is 6.10 Å². The van der Waals surface area contributed by atoms with Crippen LogP contribution in [0.2, 0.25) is 0 Å². The second-order valence-electron chi connectivity index (χ2n) is 3.83. The van der Waals surface area contributed by atoms with Crippen molar-refractivity contribution in [1.29, 1.82) is 0 Å². The average Bonchev–Trinajstić information content (AvgIpc) is 2.11. The molecule has 1 unspecified atom stereocenters. The molecule has 2 atom stereocenters. The van der Waals surface area contributed by atoms with E-state index >= 15 is 0 Å². The first-order valence-corrected chi connectivity index (χ1v) is 4.92. The fourth-order valence-electron chi connectivity index (χ4n) is 1.13. The number of rotatable bonds is 3. The van der Waals surface area contributed by atoms with Gasteiger partial charge < -0.3 is 9.84 Å². The summed E-state index contributed by atoms with van der Waals surface area (Å²) >= 11 is 0. The summed E-state index contributed by atoms with van der Waals surface area (Å²) in [7, 11) is 0. The Labute approximate surface area is 85.5 Å². The summed E-state index contributed by atoms with van der Waals surface area (Å²) in [5.41, 5.74) is 2.27. The Hall–Kier alpha value is -1.02. The summed E-state index contributed by atoms with van der Waals surface area (Å²) < 4.78 is 5.64. The fraction of sp³-hybridized carbons (Fsp3) is 0.500. The van der Waals surface area contributed by atoms with Gasteiger partial charge in [-0.15, -0.1) is 0 Å². The van der Waals surface area contributed by atoms with Gasteiger partial charge in [-0.05, 0) is 44.9 Å². The van der Waals surface area contributed by atoms with E-state index in [0.717, 1.165) is 11.3 Å². The first-order valence-electron chi connectivity index (χ1n) is 4.92. The number of hydrogen-bond donors (Lipinski definition) is 1. The zero-order valence-electron chi connectivity index (χ0n) is 9.24. The lowest BCUT2D eigenvalue weighted by molar-refractivity contribution is 0.0600. The Morgan fingerprint density at radius 3 is 2.43 bits per heavy atom. The van der Waals surface area contributed by atoms with E-state index < -0.39 is 6.10 Å². The molecule has 0 spiro atoms. The highest BCUT2D eigenvalue weighted by Gasteiger charge is 2.11. The molecule has 0 radical (unpaired) electrons. The molecule has 0 fully saturated rings. The normalized spacial score (nSPS) is 14.9. The lowest BCUT2D eigenvalue weighted by atomic mass is 10.1. The van der Waals surface area contributed by atoms with E-state index in [4.69, 9.17) is 4.74 Å². The summed E-state index contributed by atoms with van der Waals surface area (Å²) in [4.78, 5) is 0. The minimum atomic E-state index is -0.449. The Balaban J connectivity index is 2.80. The summed E-state index contributed by atoms with van der Waals surface area (Å²) in [6.45, 7) is 7.63. The van der Waals surface area contributed by atoms with Crippen molar-refractivity contribution in [3.05, 3.63) is 29.3 Å². The molecule has 2 heteroatoms. The van der Waals surface area contributed by atoms with E-state index in [1.165, 1.54) is 5.56 Å². The Kier molecular flexibility index (Phi) is 3.53. The molecule has 0 aromatic heterocycles. The van der Waals surface area contributed by atoms with Crippen LogP contribution < -0.4 is 4.74 Å². The monoisotopic (exact) mass is 194 g/mol. The molecular weight excluding hydrogens is 176 g/mol. The van der Waals surface area contributed by atoms with Crippen LogP contribution in [0.25, 0.3) is 0 Å². The molecule has 0 aliphatic rings. The fourth-order valence-corrected chi connectivity index (χ4v) is 1.13. The second kappa shape index (κ2) is 4.47. The predicted molar refractivity (Wildman–Crippen MR) is 57.7 cm³/mol. The van der Waals surface area contributed by atoms with Crippen LogP contribution in [0.5, 0.6) is 5.75 Å². The minimum absolute atomic E-state index is 0.171. The first kappa shape index (κ1) is 11.1. The van der Waals surface area contributed by atoms with Gasteiger partial charge >= 0.3 is 0 Å². The van der Waals surface area contributed by atoms with Gasteiger partial charge in [0.15, 0.2) is 0 Å². The van der Waals surface area contributed by atoms with E-state index in [1.807, 2.05) is 32.9 Å². The van der Waals surface area contributed by atoms with Crippen LogP contribution in [0.3, 0.4) is 0 Å². The molecule has 78 valence electrons. The topological polar surface area (TPSA) is 29.5 Å². The highest BCUT2D eigenvalue weighted by molar-refractivity contribution is 5.36. The average molecular weight is 194 g/mol. The second-order valence-corrected chi connectivity index (χ2v) is 3.83. The van der Waals surface area contributed by atoms with Crippen LogP contribution in [0.15, 0.2) is 18.2 Å². The highest BCUT2D eigenvalue weighted by atomic mass is 16.5. The van der Waals surface area contributed by atoms with E-state index in [2.05, 4.69) is 6.07 Å². The van der Waals surface area contributed by atoms with Gasteiger partial charge in [0.2, 0.25) is 0 Å². The third-order valence-electron chi connectivity index (χ3n) is 2.34. The summed E-state index contributed by atoms with van der Waals surface area (Å²) in [5.74, 6) is 0.860. The molecule has 0 saturated carbocycles. The van der Waals surface area contributed by atoms with Gasteiger partial charge in [0, 0.05) is 0 Å². The van der Waals surface area contributed by atoms with Gasteiger partial charge in [-0.3, -0.25) is 0 Å². The van der Waals surface area contributed by atoms with Gasteiger partial charge in [-0.2, -0.15) is 0 Å². The van der Waals surface area contributed by atoms with Crippen molar-refractivity contribution in [2.75, 3.05) is 0 Å². The number of aryl methyl sites for hydroxylation is 2. The van der Waals surface area contributed by atoms with E-state index in [1.54, 1.807) is 6.92 Å². The van der Waals surface area contributed by atoms with Gasteiger partial charge in [0.05, 0.1) is 6.10 Å². The third-order valence-corrected chi connectivity index (χ3v) is 2.34. The van der Waals surface area contributed by atoms with Crippen molar-refractivity contribution in [2.45, 2.75) is 39.9 Å². The smallest absolute Gasteiger partial charge is 0.123 e. The van der Waals surface area contributed by atoms with Gasteiger partial charge in [0.25, 0.3) is 0 Å². The van der Waals surface area contributed by atoms with Crippen LogP contribution in [0, 0.1) is 13.8 Å². The van der Waals surface area contributed by atoms with Crippen molar-refractivity contribution in [2.24, 2.45) is 0 Å². The molecule has 1 aromatic rings. The molecule has 0 aliphatic heterocycles. The molecule has 2 nitrogen and oxygen atoms in total. The molecule has 0 saturated heterocycles.